The van der Waals surface area contributed by atoms with Crippen molar-refractivity contribution in [2.45, 2.75) is 26.2 Å². The molecular formula is C14H17ClO3. The Morgan fingerprint density at radius 1 is 1.22 bits per heavy atom. The number of rotatable bonds is 7. The van der Waals surface area contributed by atoms with Crippen molar-refractivity contribution < 1.29 is 14.3 Å². The van der Waals surface area contributed by atoms with E-state index in [0.29, 0.717) is 30.0 Å². The Morgan fingerprint density at radius 3 is 2.61 bits per heavy atom. The van der Waals surface area contributed by atoms with E-state index in [1.54, 1.807) is 31.2 Å². The topological polar surface area (TPSA) is 43.4 Å². The van der Waals surface area contributed by atoms with Crippen LogP contribution in [-0.2, 0) is 4.74 Å². The van der Waals surface area contributed by atoms with Gasteiger partial charge in [0.05, 0.1) is 12.2 Å². The molecule has 0 unspecified atom stereocenters. The second kappa shape index (κ2) is 7.88. The van der Waals surface area contributed by atoms with Gasteiger partial charge in [0.15, 0.2) is 5.78 Å². The number of benzene rings is 1. The van der Waals surface area contributed by atoms with Crippen molar-refractivity contribution in [1.29, 1.82) is 0 Å². The van der Waals surface area contributed by atoms with E-state index in [-0.39, 0.29) is 5.78 Å². The van der Waals surface area contributed by atoms with E-state index in [1.807, 2.05) is 0 Å². The van der Waals surface area contributed by atoms with E-state index >= 15 is 0 Å². The molecule has 18 heavy (non-hydrogen) atoms. The van der Waals surface area contributed by atoms with Crippen LogP contribution in [0.1, 0.15) is 46.9 Å². The fourth-order valence-corrected chi connectivity index (χ4v) is 1.75. The lowest BCUT2D eigenvalue weighted by atomic mass is 10.0. The number of alkyl halides is 1. The largest absolute Gasteiger partial charge is 0.462 e. The molecule has 0 atom stereocenters. The maximum Gasteiger partial charge on any atom is 0.338 e. The van der Waals surface area contributed by atoms with Gasteiger partial charge in [0.25, 0.3) is 0 Å². The van der Waals surface area contributed by atoms with Crippen molar-refractivity contribution >= 4 is 23.4 Å². The first-order chi connectivity index (χ1) is 8.69. The van der Waals surface area contributed by atoms with Crippen LogP contribution in [0, 0.1) is 0 Å². The number of carbonyl (C=O) groups is 2. The Labute approximate surface area is 112 Å². The molecule has 1 aromatic carbocycles. The molecule has 0 amide bonds. The Morgan fingerprint density at radius 2 is 1.94 bits per heavy atom. The molecule has 0 N–H and O–H groups in total. The van der Waals surface area contributed by atoms with E-state index in [9.17, 15) is 9.59 Å². The number of carbonyl (C=O) groups excluding carboxylic acids is 2. The predicted molar refractivity (Wildman–Crippen MR) is 71.3 cm³/mol. The fourth-order valence-electron chi connectivity index (χ4n) is 1.56. The predicted octanol–water partition coefficient (Wildman–Crippen LogP) is 3.46. The highest BCUT2D eigenvalue weighted by molar-refractivity contribution is 6.17. The zero-order valence-electron chi connectivity index (χ0n) is 10.4. The average Bonchev–Trinajstić information content (AvgIpc) is 2.39. The van der Waals surface area contributed by atoms with Gasteiger partial charge in [0.1, 0.15) is 0 Å². The van der Waals surface area contributed by atoms with Gasteiger partial charge in [-0.3, -0.25) is 4.79 Å². The van der Waals surface area contributed by atoms with Crippen molar-refractivity contribution in [3.8, 4) is 0 Å². The van der Waals surface area contributed by atoms with E-state index in [2.05, 4.69) is 0 Å². The fraction of sp³-hybridized carbons (Fsp3) is 0.429. The third-order valence-electron chi connectivity index (χ3n) is 2.48. The minimum absolute atomic E-state index is 0.0336. The quantitative estimate of drug-likeness (QED) is 0.329. The van der Waals surface area contributed by atoms with Gasteiger partial charge < -0.3 is 4.74 Å². The van der Waals surface area contributed by atoms with E-state index in [1.165, 1.54) is 0 Å². The molecule has 98 valence electrons. The summed E-state index contributed by atoms with van der Waals surface area (Å²) in [6, 6.07) is 6.64. The Balaban J connectivity index is 2.69. The monoisotopic (exact) mass is 268 g/mol. The standard InChI is InChI=1S/C14H17ClO3/c1-2-18-14(17)12-7-5-6-11(10-12)13(16)8-3-4-9-15/h5-7,10H,2-4,8-9H2,1H3. The van der Waals surface area contributed by atoms with Gasteiger partial charge in [-0.1, -0.05) is 12.1 Å². The molecule has 0 aliphatic carbocycles. The van der Waals surface area contributed by atoms with Gasteiger partial charge in [-0.05, 0) is 31.9 Å². The summed E-state index contributed by atoms with van der Waals surface area (Å²) in [5, 5.41) is 0. The lowest BCUT2D eigenvalue weighted by Crippen LogP contribution is -2.07. The maximum atomic E-state index is 11.9. The van der Waals surface area contributed by atoms with Crippen LogP contribution in [0.5, 0.6) is 0 Å². The van der Waals surface area contributed by atoms with Crippen LogP contribution in [0.15, 0.2) is 24.3 Å². The minimum atomic E-state index is -0.395. The molecule has 0 aromatic heterocycles. The van der Waals surface area contributed by atoms with Crippen molar-refractivity contribution in [2.24, 2.45) is 0 Å². The number of ether oxygens (including phenoxy) is 1. The van der Waals surface area contributed by atoms with Crippen LogP contribution in [0.25, 0.3) is 0 Å². The maximum absolute atomic E-state index is 11.9. The second-order valence-electron chi connectivity index (χ2n) is 3.87. The number of hydrogen-bond donors (Lipinski definition) is 0. The molecule has 1 aromatic rings. The molecule has 0 aliphatic heterocycles. The van der Waals surface area contributed by atoms with Gasteiger partial charge in [-0.15, -0.1) is 11.6 Å². The van der Waals surface area contributed by atoms with E-state index < -0.39 is 5.97 Å². The number of Topliss-reactive ketones (excluding diaryl/α,β-unsaturated/α-hetero) is 1. The second-order valence-corrected chi connectivity index (χ2v) is 4.25. The zero-order valence-corrected chi connectivity index (χ0v) is 11.2. The van der Waals surface area contributed by atoms with Gasteiger partial charge >= 0.3 is 5.97 Å². The SMILES string of the molecule is CCOC(=O)c1cccc(C(=O)CCCCCl)c1. The smallest absolute Gasteiger partial charge is 0.338 e. The molecule has 1 rings (SSSR count). The summed E-state index contributed by atoms with van der Waals surface area (Å²) in [6.45, 7) is 2.08. The van der Waals surface area contributed by atoms with Gasteiger partial charge in [0, 0.05) is 17.9 Å². The molecule has 0 fully saturated rings. The molecule has 3 nitrogen and oxygen atoms in total. The molecule has 0 heterocycles. The van der Waals surface area contributed by atoms with Crippen molar-refractivity contribution in [3.05, 3.63) is 35.4 Å². The summed E-state index contributed by atoms with van der Waals surface area (Å²) < 4.78 is 4.89. The Hall–Kier alpha value is -1.35. The van der Waals surface area contributed by atoms with Crippen LogP contribution < -0.4 is 0 Å². The summed E-state index contributed by atoms with van der Waals surface area (Å²) in [7, 11) is 0. The van der Waals surface area contributed by atoms with Crippen LogP contribution in [-0.4, -0.2) is 24.2 Å². The van der Waals surface area contributed by atoms with E-state index in [0.717, 1.165) is 12.8 Å². The highest BCUT2D eigenvalue weighted by Gasteiger charge is 2.10. The number of unbranched alkanes of at least 4 members (excludes halogenated alkanes) is 1. The van der Waals surface area contributed by atoms with Gasteiger partial charge in [-0.25, -0.2) is 4.79 Å². The highest BCUT2D eigenvalue weighted by Crippen LogP contribution is 2.11. The van der Waals surface area contributed by atoms with E-state index in [4.69, 9.17) is 16.3 Å². The zero-order chi connectivity index (χ0) is 13.4. The summed E-state index contributed by atoms with van der Waals surface area (Å²) in [5.74, 6) is 0.204. The molecule has 0 spiro atoms. The van der Waals surface area contributed by atoms with Gasteiger partial charge in [0.2, 0.25) is 0 Å². The molecule has 4 heteroatoms. The first kappa shape index (κ1) is 14.7. The summed E-state index contributed by atoms with van der Waals surface area (Å²) >= 11 is 5.56. The number of halogens is 1. The number of esters is 1. The van der Waals surface area contributed by atoms with Crippen LogP contribution in [0.3, 0.4) is 0 Å². The normalized spacial score (nSPS) is 10.1. The summed E-state index contributed by atoms with van der Waals surface area (Å²) in [6.07, 6.45) is 2.05. The lowest BCUT2D eigenvalue weighted by Gasteiger charge is -2.04. The molecule has 0 bridgehead atoms. The average molecular weight is 269 g/mol. The van der Waals surface area contributed by atoms with Crippen LogP contribution in [0.2, 0.25) is 0 Å². The van der Waals surface area contributed by atoms with Gasteiger partial charge in [-0.2, -0.15) is 0 Å². The number of hydrogen-bond acceptors (Lipinski definition) is 3. The number of ketones is 1. The molecule has 0 radical (unpaired) electrons. The third-order valence-corrected chi connectivity index (χ3v) is 2.75. The minimum Gasteiger partial charge on any atom is -0.462 e. The first-order valence-electron chi connectivity index (χ1n) is 6.05. The van der Waals surface area contributed by atoms with Crippen molar-refractivity contribution in [3.63, 3.8) is 0 Å². The Kier molecular flexibility index (Phi) is 6.44. The van der Waals surface area contributed by atoms with Crippen molar-refractivity contribution in [1.82, 2.24) is 0 Å². The summed E-state index contributed by atoms with van der Waals surface area (Å²) in [5.41, 5.74) is 0.968. The van der Waals surface area contributed by atoms with Crippen LogP contribution >= 0.6 is 11.6 Å². The Bertz CT molecular complexity index is 415. The molecule has 0 saturated carbocycles. The molecule has 0 saturated heterocycles. The molecule has 0 aliphatic rings. The highest BCUT2D eigenvalue weighted by atomic mass is 35.5. The van der Waals surface area contributed by atoms with Crippen molar-refractivity contribution in [2.75, 3.05) is 12.5 Å². The lowest BCUT2D eigenvalue weighted by molar-refractivity contribution is 0.0526. The first-order valence-corrected chi connectivity index (χ1v) is 6.58. The molecular weight excluding hydrogens is 252 g/mol. The van der Waals surface area contributed by atoms with Crippen LogP contribution in [0.4, 0.5) is 0 Å². The summed E-state index contributed by atoms with van der Waals surface area (Å²) in [4.78, 5) is 23.4. The third kappa shape index (κ3) is 4.49.